The maximum atomic E-state index is 12.0. The number of hydrogen-bond donors (Lipinski definition) is 2. The summed E-state index contributed by atoms with van der Waals surface area (Å²) in [7, 11) is 0. The quantitative estimate of drug-likeness (QED) is 0.859. The van der Waals surface area contributed by atoms with Crippen LogP contribution in [0.5, 0.6) is 0 Å². The molecule has 0 aromatic carbocycles. The van der Waals surface area contributed by atoms with Crippen molar-refractivity contribution in [2.75, 3.05) is 6.54 Å². The number of carbonyl (C=O) groups is 1. The van der Waals surface area contributed by atoms with Gasteiger partial charge in [0.05, 0.1) is 6.04 Å². The summed E-state index contributed by atoms with van der Waals surface area (Å²) in [6, 6.07) is 3.64. The average molecular weight is 308 g/mol. The molecule has 2 N–H and O–H groups in total. The molecule has 0 aliphatic carbocycles. The van der Waals surface area contributed by atoms with Crippen molar-refractivity contribution in [2.45, 2.75) is 39.2 Å². The van der Waals surface area contributed by atoms with Crippen LogP contribution < -0.4 is 10.6 Å². The van der Waals surface area contributed by atoms with E-state index in [1.165, 1.54) is 4.88 Å². The van der Waals surface area contributed by atoms with E-state index < -0.39 is 0 Å². The summed E-state index contributed by atoms with van der Waals surface area (Å²) in [6.45, 7) is 6.37. The Balaban J connectivity index is 1.83. The van der Waals surface area contributed by atoms with Crippen LogP contribution in [-0.4, -0.2) is 22.7 Å². The monoisotopic (exact) mass is 308 g/mol. The van der Waals surface area contributed by atoms with Gasteiger partial charge < -0.3 is 15.2 Å². The second-order valence-corrected chi connectivity index (χ2v) is 5.88. The molecule has 0 aliphatic heterocycles. The summed E-state index contributed by atoms with van der Waals surface area (Å²) in [5.41, 5.74) is 0. The van der Waals surface area contributed by atoms with Gasteiger partial charge in [-0.15, -0.1) is 11.3 Å². The Bertz CT molecular complexity index is 567. The van der Waals surface area contributed by atoms with Crippen LogP contribution in [0.4, 0.5) is 4.79 Å². The van der Waals surface area contributed by atoms with Crippen LogP contribution in [0.25, 0.3) is 0 Å². The van der Waals surface area contributed by atoms with Gasteiger partial charge in [-0.25, -0.2) is 4.79 Å². The molecule has 21 heavy (non-hydrogen) atoms. The first-order valence-electron chi connectivity index (χ1n) is 6.98. The molecule has 2 heterocycles. The third-order valence-electron chi connectivity index (χ3n) is 3.17. The Labute approximate surface area is 127 Å². The summed E-state index contributed by atoms with van der Waals surface area (Å²) in [5, 5.41) is 11.6. The lowest BCUT2D eigenvalue weighted by Gasteiger charge is -2.16. The van der Waals surface area contributed by atoms with E-state index in [1.54, 1.807) is 18.3 Å². The fraction of sp³-hybridized carbons (Fsp3) is 0.500. The minimum atomic E-state index is -0.237. The van der Waals surface area contributed by atoms with Gasteiger partial charge in [0, 0.05) is 24.3 Å². The van der Waals surface area contributed by atoms with Crippen LogP contribution >= 0.6 is 11.3 Å². The highest BCUT2D eigenvalue weighted by Gasteiger charge is 2.18. The molecule has 6 nitrogen and oxygen atoms in total. The van der Waals surface area contributed by atoms with Gasteiger partial charge >= 0.3 is 6.03 Å². The number of aromatic nitrogens is 2. The topological polar surface area (TPSA) is 80.0 Å². The molecule has 0 spiro atoms. The first-order valence-corrected chi connectivity index (χ1v) is 7.86. The molecule has 0 radical (unpaired) electrons. The molecule has 0 saturated heterocycles. The van der Waals surface area contributed by atoms with Crippen molar-refractivity contribution in [2.24, 2.45) is 0 Å². The third-order valence-corrected chi connectivity index (χ3v) is 4.27. The van der Waals surface area contributed by atoms with Crippen molar-refractivity contribution < 1.29 is 9.32 Å². The highest BCUT2D eigenvalue weighted by Crippen LogP contribution is 2.19. The fourth-order valence-electron chi connectivity index (χ4n) is 1.93. The maximum absolute atomic E-state index is 12.0. The number of hydrogen-bond acceptors (Lipinski definition) is 5. The van der Waals surface area contributed by atoms with Gasteiger partial charge in [0.15, 0.2) is 5.82 Å². The minimum Gasteiger partial charge on any atom is -0.340 e. The molecule has 2 atom stereocenters. The van der Waals surface area contributed by atoms with Crippen LogP contribution in [0.15, 0.2) is 22.0 Å². The summed E-state index contributed by atoms with van der Waals surface area (Å²) in [6.07, 6.45) is 0.701. The SMILES string of the molecule is CC[C@@H](NC(=O)NC[C@@H](C)c1cccs1)c1noc(C)n1. The predicted molar refractivity (Wildman–Crippen MR) is 81.3 cm³/mol. The summed E-state index contributed by atoms with van der Waals surface area (Å²) in [4.78, 5) is 17.4. The first kappa shape index (κ1) is 15.5. The van der Waals surface area contributed by atoms with Crippen LogP contribution in [0, 0.1) is 6.92 Å². The molecule has 2 rings (SSSR count). The van der Waals surface area contributed by atoms with Crippen LogP contribution in [0.2, 0.25) is 0 Å². The second kappa shape index (κ2) is 7.21. The van der Waals surface area contributed by atoms with Crippen molar-refractivity contribution in [3.05, 3.63) is 34.1 Å². The van der Waals surface area contributed by atoms with Gasteiger partial charge in [0.2, 0.25) is 5.89 Å². The largest absolute Gasteiger partial charge is 0.340 e. The van der Waals surface area contributed by atoms with E-state index in [0.29, 0.717) is 30.6 Å². The Kier molecular flexibility index (Phi) is 5.32. The number of rotatable bonds is 6. The van der Waals surface area contributed by atoms with Crippen molar-refractivity contribution in [3.63, 3.8) is 0 Å². The summed E-state index contributed by atoms with van der Waals surface area (Å²) >= 11 is 1.70. The Hall–Kier alpha value is -1.89. The zero-order valence-electron chi connectivity index (χ0n) is 12.4. The van der Waals surface area contributed by atoms with Gasteiger partial charge in [-0.05, 0) is 17.9 Å². The normalized spacial score (nSPS) is 13.7. The van der Waals surface area contributed by atoms with E-state index >= 15 is 0 Å². The number of nitrogens with one attached hydrogen (secondary N) is 2. The number of carbonyl (C=O) groups excluding carboxylic acids is 1. The van der Waals surface area contributed by atoms with Gasteiger partial charge in [0.1, 0.15) is 0 Å². The zero-order valence-corrected chi connectivity index (χ0v) is 13.2. The van der Waals surface area contributed by atoms with Gasteiger partial charge in [0.25, 0.3) is 0 Å². The number of thiophene rings is 1. The van der Waals surface area contributed by atoms with E-state index in [0.717, 1.165) is 0 Å². The molecule has 0 aliphatic rings. The third kappa shape index (κ3) is 4.29. The van der Waals surface area contributed by atoms with Gasteiger partial charge in [-0.2, -0.15) is 4.98 Å². The molecule has 0 unspecified atom stereocenters. The first-order chi connectivity index (χ1) is 10.1. The smallest absolute Gasteiger partial charge is 0.315 e. The average Bonchev–Trinajstić information content (AvgIpc) is 3.13. The second-order valence-electron chi connectivity index (χ2n) is 4.90. The zero-order chi connectivity index (χ0) is 15.2. The van der Waals surface area contributed by atoms with Crippen molar-refractivity contribution in [1.29, 1.82) is 0 Å². The van der Waals surface area contributed by atoms with Gasteiger partial charge in [-0.1, -0.05) is 25.1 Å². The molecule has 0 bridgehead atoms. The lowest BCUT2D eigenvalue weighted by atomic mass is 10.1. The highest BCUT2D eigenvalue weighted by molar-refractivity contribution is 7.10. The number of urea groups is 1. The van der Waals surface area contributed by atoms with Crippen molar-refractivity contribution in [3.8, 4) is 0 Å². The fourth-order valence-corrected chi connectivity index (χ4v) is 2.72. The molecule has 7 heteroatoms. The van der Waals surface area contributed by atoms with Crippen LogP contribution in [0.3, 0.4) is 0 Å². The summed E-state index contributed by atoms with van der Waals surface area (Å²) < 4.78 is 4.94. The highest BCUT2D eigenvalue weighted by atomic mass is 32.1. The molecular weight excluding hydrogens is 288 g/mol. The van der Waals surface area contributed by atoms with E-state index in [-0.39, 0.29) is 12.1 Å². The lowest BCUT2D eigenvalue weighted by Crippen LogP contribution is -2.39. The molecule has 0 fully saturated rings. The number of nitrogens with zero attached hydrogens (tertiary/aromatic N) is 2. The lowest BCUT2D eigenvalue weighted by molar-refractivity contribution is 0.235. The standard InChI is InChI=1S/C14H20N4O2S/c1-4-11(13-16-10(3)20-18-13)17-14(19)15-8-9(2)12-6-5-7-21-12/h5-7,9,11H,4,8H2,1-3H3,(H2,15,17,19)/t9-,11-/m1/s1. The molecule has 2 amide bonds. The Morgan fingerprint density at radius 1 is 1.52 bits per heavy atom. The van der Waals surface area contributed by atoms with E-state index in [4.69, 9.17) is 4.52 Å². The molecule has 2 aromatic heterocycles. The number of aryl methyl sites for hydroxylation is 1. The van der Waals surface area contributed by atoms with Crippen LogP contribution in [-0.2, 0) is 0 Å². The molecule has 0 saturated carbocycles. The molecular formula is C14H20N4O2S. The van der Waals surface area contributed by atoms with Crippen molar-refractivity contribution >= 4 is 17.4 Å². The van der Waals surface area contributed by atoms with Gasteiger partial charge in [-0.3, -0.25) is 0 Å². The van der Waals surface area contributed by atoms with Crippen molar-refractivity contribution in [1.82, 2.24) is 20.8 Å². The maximum Gasteiger partial charge on any atom is 0.315 e. The minimum absolute atomic E-state index is 0.215. The molecule has 114 valence electrons. The van der Waals surface area contributed by atoms with E-state index in [9.17, 15) is 4.79 Å². The number of amides is 2. The Morgan fingerprint density at radius 3 is 2.90 bits per heavy atom. The predicted octanol–water partition coefficient (Wildman–Crippen LogP) is 2.99. The van der Waals surface area contributed by atoms with Crippen LogP contribution in [0.1, 0.15) is 48.8 Å². The Morgan fingerprint density at radius 2 is 2.33 bits per heavy atom. The van der Waals surface area contributed by atoms with E-state index in [2.05, 4.69) is 33.8 Å². The molecule has 2 aromatic rings. The van der Waals surface area contributed by atoms with E-state index in [1.807, 2.05) is 18.4 Å². The summed E-state index contributed by atoms with van der Waals surface area (Å²) in [5.74, 6) is 1.30.